The Balaban J connectivity index is 2.74. The van der Waals surface area contributed by atoms with Gasteiger partial charge in [-0.3, -0.25) is 0 Å². The van der Waals surface area contributed by atoms with Crippen LogP contribution in [0.2, 0.25) is 0 Å². The Hall–Kier alpha value is -0.410. The maximum atomic E-state index is 5.45. The third-order valence-corrected chi connectivity index (χ3v) is 2.01. The Bertz CT molecular complexity index is 231. The van der Waals surface area contributed by atoms with Crippen LogP contribution in [0.1, 0.15) is 10.6 Å². The largest absolute Gasteiger partial charge is 0.143 e. The van der Waals surface area contributed by atoms with Crippen LogP contribution in [0.5, 0.6) is 0 Å². The molecule has 0 aromatic carbocycles. The normalized spacial score (nSPS) is 11.0. The Morgan fingerprint density at radius 2 is 2.50 bits per heavy atom. The number of hydrogen-bond donors (Lipinski definition) is 0. The summed E-state index contributed by atoms with van der Waals surface area (Å²) in [5.41, 5.74) is 0.964. The Kier molecular flexibility index (Phi) is 2.83. The Labute approximate surface area is 68.7 Å². The summed E-state index contributed by atoms with van der Waals surface area (Å²) in [6, 6.07) is 0. The van der Waals surface area contributed by atoms with Crippen molar-refractivity contribution in [2.75, 3.05) is 5.88 Å². The predicted octanol–water partition coefficient (Wildman–Crippen LogP) is 2.10. The van der Waals surface area contributed by atoms with E-state index in [0.717, 1.165) is 10.6 Å². The van der Waals surface area contributed by atoms with Crippen LogP contribution in [0.25, 0.3) is 6.08 Å². The third-order valence-electron chi connectivity index (χ3n) is 1.04. The fraction of sp³-hybridized carbons (Fsp3) is 0.333. The number of aromatic nitrogens is 2. The van der Waals surface area contributed by atoms with Gasteiger partial charge in [-0.05, 0) is 24.5 Å². The summed E-state index contributed by atoms with van der Waals surface area (Å²) in [7, 11) is 0. The van der Waals surface area contributed by atoms with Crippen molar-refractivity contribution in [3.8, 4) is 0 Å². The summed E-state index contributed by atoms with van der Waals surface area (Å²) in [5.74, 6) is 0.539. The van der Waals surface area contributed by atoms with Gasteiger partial charge in [-0.25, -0.2) is 0 Å². The van der Waals surface area contributed by atoms with Gasteiger partial charge in [0.05, 0.1) is 10.6 Å². The quantitative estimate of drug-likeness (QED) is 0.642. The highest BCUT2D eigenvalue weighted by atomic mass is 35.5. The molecule has 54 valence electrons. The lowest BCUT2D eigenvalue weighted by atomic mass is 10.4. The minimum absolute atomic E-state index is 0.539. The van der Waals surface area contributed by atoms with Crippen LogP contribution in [0.4, 0.5) is 0 Å². The number of allylic oxidation sites excluding steroid dienone is 1. The standard InChI is InChI=1S/C6H7ClN2S/c1-5-6(3-2-4-7)10-9-8-5/h2-3H,4H2,1H3/b3-2+. The van der Waals surface area contributed by atoms with Crippen molar-refractivity contribution >= 4 is 29.2 Å². The molecule has 0 N–H and O–H groups in total. The highest BCUT2D eigenvalue weighted by molar-refractivity contribution is 7.06. The van der Waals surface area contributed by atoms with Crippen molar-refractivity contribution in [2.24, 2.45) is 0 Å². The molecule has 0 atom stereocenters. The van der Waals surface area contributed by atoms with Crippen molar-refractivity contribution in [3.63, 3.8) is 0 Å². The van der Waals surface area contributed by atoms with Crippen molar-refractivity contribution in [3.05, 3.63) is 16.6 Å². The summed E-state index contributed by atoms with van der Waals surface area (Å²) in [6.45, 7) is 1.93. The lowest BCUT2D eigenvalue weighted by molar-refractivity contribution is 1.09. The minimum Gasteiger partial charge on any atom is -0.143 e. The van der Waals surface area contributed by atoms with E-state index in [-0.39, 0.29) is 0 Å². The molecule has 4 heteroatoms. The molecule has 0 amide bonds. The molecule has 0 saturated carbocycles. The molecule has 0 aliphatic rings. The molecule has 0 aliphatic heterocycles. The second-order valence-corrected chi connectivity index (χ2v) is 2.87. The van der Waals surface area contributed by atoms with Crippen LogP contribution in [0.15, 0.2) is 6.08 Å². The van der Waals surface area contributed by atoms with Crippen molar-refractivity contribution in [1.29, 1.82) is 0 Å². The highest BCUT2D eigenvalue weighted by Crippen LogP contribution is 2.10. The van der Waals surface area contributed by atoms with E-state index in [4.69, 9.17) is 11.6 Å². The SMILES string of the molecule is Cc1nnsc1/C=C/CCl. The molecule has 0 bridgehead atoms. The molecule has 0 radical (unpaired) electrons. The molecule has 10 heavy (non-hydrogen) atoms. The van der Waals surface area contributed by atoms with Gasteiger partial charge in [0.25, 0.3) is 0 Å². The molecule has 1 aromatic heterocycles. The lowest BCUT2D eigenvalue weighted by Gasteiger charge is -1.81. The maximum absolute atomic E-state index is 5.45. The topological polar surface area (TPSA) is 25.8 Å². The second-order valence-electron chi connectivity index (χ2n) is 1.78. The van der Waals surface area contributed by atoms with E-state index in [0.29, 0.717) is 5.88 Å². The van der Waals surface area contributed by atoms with Gasteiger partial charge in [0.15, 0.2) is 0 Å². The monoisotopic (exact) mass is 174 g/mol. The first-order chi connectivity index (χ1) is 4.84. The number of rotatable bonds is 2. The van der Waals surface area contributed by atoms with Crippen molar-refractivity contribution in [2.45, 2.75) is 6.92 Å². The number of nitrogens with zero attached hydrogens (tertiary/aromatic N) is 2. The average molecular weight is 175 g/mol. The summed E-state index contributed by atoms with van der Waals surface area (Å²) in [5, 5.41) is 3.84. The summed E-state index contributed by atoms with van der Waals surface area (Å²) < 4.78 is 3.77. The second kappa shape index (κ2) is 3.68. The van der Waals surface area contributed by atoms with Gasteiger partial charge in [-0.15, -0.1) is 16.7 Å². The van der Waals surface area contributed by atoms with Gasteiger partial charge in [-0.2, -0.15) is 0 Å². The van der Waals surface area contributed by atoms with Crippen LogP contribution in [-0.4, -0.2) is 15.5 Å². The molecule has 0 unspecified atom stereocenters. The summed E-state index contributed by atoms with van der Waals surface area (Å²) in [6.07, 6.45) is 3.82. The molecule has 0 aliphatic carbocycles. The van der Waals surface area contributed by atoms with E-state index in [2.05, 4.69) is 9.59 Å². The molecule has 1 rings (SSSR count). The zero-order valence-corrected chi connectivity index (χ0v) is 7.11. The van der Waals surface area contributed by atoms with Gasteiger partial charge in [0.1, 0.15) is 0 Å². The molecule has 2 nitrogen and oxygen atoms in total. The molecule has 1 aromatic rings. The first kappa shape index (κ1) is 7.69. The van der Waals surface area contributed by atoms with E-state index in [9.17, 15) is 0 Å². The van der Waals surface area contributed by atoms with Gasteiger partial charge >= 0.3 is 0 Å². The van der Waals surface area contributed by atoms with Gasteiger partial charge in [-0.1, -0.05) is 10.6 Å². The molecule has 0 spiro atoms. The minimum atomic E-state index is 0.539. The van der Waals surface area contributed by atoms with Crippen molar-refractivity contribution in [1.82, 2.24) is 9.59 Å². The van der Waals surface area contributed by atoms with Crippen LogP contribution < -0.4 is 0 Å². The number of hydrogen-bond acceptors (Lipinski definition) is 3. The smallest absolute Gasteiger partial charge is 0.0797 e. The van der Waals surface area contributed by atoms with E-state index in [1.807, 2.05) is 19.1 Å². The Morgan fingerprint density at radius 1 is 1.70 bits per heavy atom. The zero-order chi connectivity index (χ0) is 7.40. The van der Waals surface area contributed by atoms with E-state index in [1.165, 1.54) is 11.5 Å². The molecule has 1 heterocycles. The number of halogens is 1. The van der Waals surface area contributed by atoms with Gasteiger partial charge < -0.3 is 0 Å². The molecular weight excluding hydrogens is 168 g/mol. The summed E-state index contributed by atoms with van der Waals surface area (Å²) in [4.78, 5) is 1.08. The van der Waals surface area contributed by atoms with Gasteiger partial charge in [0.2, 0.25) is 0 Å². The predicted molar refractivity (Wildman–Crippen MR) is 44.4 cm³/mol. The van der Waals surface area contributed by atoms with E-state index < -0.39 is 0 Å². The van der Waals surface area contributed by atoms with Crippen LogP contribution >= 0.6 is 23.1 Å². The maximum Gasteiger partial charge on any atom is 0.0797 e. The zero-order valence-electron chi connectivity index (χ0n) is 5.54. The van der Waals surface area contributed by atoms with Crippen molar-refractivity contribution < 1.29 is 0 Å². The number of alkyl halides is 1. The molecule has 0 saturated heterocycles. The average Bonchev–Trinajstić information content (AvgIpc) is 2.31. The number of aryl methyl sites for hydroxylation is 1. The molecular formula is C6H7ClN2S. The fourth-order valence-corrected chi connectivity index (χ4v) is 1.21. The van der Waals surface area contributed by atoms with Gasteiger partial charge in [0, 0.05) is 5.88 Å². The summed E-state index contributed by atoms with van der Waals surface area (Å²) >= 11 is 6.83. The van der Waals surface area contributed by atoms with Crippen LogP contribution in [0.3, 0.4) is 0 Å². The van der Waals surface area contributed by atoms with Crippen LogP contribution in [0, 0.1) is 6.92 Å². The highest BCUT2D eigenvalue weighted by Gasteiger charge is 1.95. The third kappa shape index (κ3) is 1.78. The van der Waals surface area contributed by atoms with Crippen LogP contribution in [-0.2, 0) is 0 Å². The first-order valence-corrected chi connectivity index (χ1v) is 4.17. The first-order valence-electron chi connectivity index (χ1n) is 2.86. The lowest BCUT2D eigenvalue weighted by Crippen LogP contribution is -1.72. The van der Waals surface area contributed by atoms with E-state index >= 15 is 0 Å². The fourth-order valence-electron chi connectivity index (χ4n) is 0.544. The Morgan fingerprint density at radius 3 is 3.00 bits per heavy atom. The molecule has 0 fully saturated rings. The van der Waals surface area contributed by atoms with E-state index in [1.54, 1.807) is 0 Å².